The van der Waals surface area contributed by atoms with Gasteiger partial charge in [-0.1, -0.05) is 24.4 Å². The van der Waals surface area contributed by atoms with Crippen LogP contribution in [0.5, 0.6) is 0 Å². The number of halogens is 1. The lowest BCUT2D eigenvalue weighted by molar-refractivity contribution is -0.116. The zero-order valence-corrected chi connectivity index (χ0v) is 10.5. The maximum Gasteiger partial charge on any atom is 0.135 e. The summed E-state index contributed by atoms with van der Waals surface area (Å²) in [6, 6.07) is 1.97. The van der Waals surface area contributed by atoms with Gasteiger partial charge in [0.2, 0.25) is 0 Å². The van der Waals surface area contributed by atoms with Gasteiger partial charge in [-0.3, -0.25) is 4.79 Å². The monoisotopic (exact) mass is 242 g/mol. The number of rotatable bonds is 3. The van der Waals surface area contributed by atoms with E-state index in [1.54, 1.807) is 18.3 Å². The van der Waals surface area contributed by atoms with Gasteiger partial charge in [-0.25, -0.2) is 0 Å². The minimum atomic E-state index is 0.214. The van der Waals surface area contributed by atoms with Crippen LogP contribution in [0.3, 0.4) is 0 Å². The van der Waals surface area contributed by atoms with Crippen molar-refractivity contribution in [2.24, 2.45) is 0 Å². The summed E-state index contributed by atoms with van der Waals surface area (Å²) in [7, 11) is 0. The van der Waals surface area contributed by atoms with Crippen molar-refractivity contribution >= 4 is 28.7 Å². The molecule has 0 amide bonds. The van der Waals surface area contributed by atoms with Gasteiger partial charge in [0.15, 0.2) is 0 Å². The fraction of sp³-hybridized carbons (Fsp3) is 0.583. The van der Waals surface area contributed by atoms with Gasteiger partial charge in [-0.05, 0) is 31.7 Å². The van der Waals surface area contributed by atoms with E-state index in [4.69, 9.17) is 11.6 Å². The molecule has 2 rings (SSSR count). The van der Waals surface area contributed by atoms with Crippen molar-refractivity contribution in [2.45, 2.75) is 44.9 Å². The van der Waals surface area contributed by atoms with Gasteiger partial charge in [0.1, 0.15) is 5.78 Å². The molecule has 0 aliphatic heterocycles. The molecule has 0 bridgehead atoms. The fourth-order valence-corrected chi connectivity index (χ4v) is 3.99. The number of thiophene rings is 1. The lowest BCUT2D eigenvalue weighted by Crippen LogP contribution is -1.92. The SMILES string of the molecule is CC(=O)Cc1cc(Cl)c(C2CCCC2)s1. The van der Waals surface area contributed by atoms with E-state index in [0.29, 0.717) is 12.3 Å². The van der Waals surface area contributed by atoms with Gasteiger partial charge in [-0.2, -0.15) is 0 Å². The summed E-state index contributed by atoms with van der Waals surface area (Å²) in [6.07, 6.45) is 5.71. The molecule has 0 saturated heterocycles. The van der Waals surface area contributed by atoms with Crippen LogP contribution in [0.25, 0.3) is 0 Å². The second-order valence-electron chi connectivity index (χ2n) is 4.29. The van der Waals surface area contributed by atoms with E-state index in [0.717, 1.165) is 9.90 Å². The first-order valence-electron chi connectivity index (χ1n) is 5.44. The summed E-state index contributed by atoms with van der Waals surface area (Å²) in [5.41, 5.74) is 0. The molecule has 1 aliphatic rings. The molecule has 1 nitrogen and oxygen atoms in total. The van der Waals surface area contributed by atoms with Crippen LogP contribution in [-0.2, 0) is 11.2 Å². The summed E-state index contributed by atoms with van der Waals surface area (Å²) < 4.78 is 0. The summed E-state index contributed by atoms with van der Waals surface area (Å²) in [5.74, 6) is 0.870. The van der Waals surface area contributed by atoms with Crippen molar-refractivity contribution in [3.8, 4) is 0 Å². The molecule has 82 valence electrons. The Bertz CT molecular complexity index is 364. The Balaban J connectivity index is 2.17. The molecule has 0 atom stereocenters. The Morgan fingerprint density at radius 2 is 2.20 bits per heavy atom. The van der Waals surface area contributed by atoms with Crippen molar-refractivity contribution in [1.29, 1.82) is 0 Å². The number of hydrogen-bond acceptors (Lipinski definition) is 2. The highest BCUT2D eigenvalue weighted by molar-refractivity contribution is 7.12. The molecule has 15 heavy (non-hydrogen) atoms. The molecule has 1 aromatic rings. The van der Waals surface area contributed by atoms with Gasteiger partial charge in [0.05, 0.1) is 5.02 Å². The molecule has 1 aromatic heterocycles. The topological polar surface area (TPSA) is 17.1 Å². The van der Waals surface area contributed by atoms with Gasteiger partial charge in [0, 0.05) is 16.2 Å². The van der Waals surface area contributed by atoms with Crippen molar-refractivity contribution in [3.05, 3.63) is 20.8 Å². The highest BCUT2D eigenvalue weighted by Gasteiger charge is 2.22. The van der Waals surface area contributed by atoms with E-state index >= 15 is 0 Å². The largest absolute Gasteiger partial charge is 0.300 e. The minimum Gasteiger partial charge on any atom is -0.300 e. The summed E-state index contributed by atoms with van der Waals surface area (Å²) in [5, 5.41) is 0.878. The van der Waals surface area contributed by atoms with Crippen LogP contribution in [0.15, 0.2) is 6.07 Å². The van der Waals surface area contributed by atoms with E-state index < -0.39 is 0 Å². The summed E-state index contributed by atoms with van der Waals surface area (Å²) in [6.45, 7) is 1.63. The van der Waals surface area contributed by atoms with Crippen LogP contribution in [0.2, 0.25) is 5.02 Å². The molecular formula is C12H15ClOS. The predicted molar refractivity (Wildman–Crippen MR) is 64.9 cm³/mol. The van der Waals surface area contributed by atoms with Crippen LogP contribution in [0, 0.1) is 0 Å². The van der Waals surface area contributed by atoms with Gasteiger partial charge >= 0.3 is 0 Å². The van der Waals surface area contributed by atoms with Crippen LogP contribution in [0.1, 0.15) is 48.3 Å². The average molecular weight is 243 g/mol. The maximum absolute atomic E-state index is 11.0. The highest BCUT2D eigenvalue weighted by Crippen LogP contribution is 2.42. The third kappa shape index (κ3) is 2.61. The predicted octanol–water partition coefficient (Wildman–Crippen LogP) is 4.19. The van der Waals surface area contributed by atoms with E-state index in [1.165, 1.54) is 30.6 Å². The Morgan fingerprint density at radius 1 is 1.53 bits per heavy atom. The Labute approximate surface area is 99.5 Å². The fourth-order valence-electron chi connectivity index (χ4n) is 2.23. The zero-order chi connectivity index (χ0) is 10.8. The average Bonchev–Trinajstić information content (AvgIpc) is 2.72. The maximum atomic E-state index is 11.0. The molecule has 0 aromatic carbocycles. The number of carbonyl (C=O) groups is 1. The summed E-state index contributed by atoms with van der Waals surface area (Å²) in [4.78, 5) is 13.4. The molecule has 1 fully saturated rings. The van der Waals surface area contributed by atoms with Crippen molar-refractivity contribution in [3.63, 3.8) is 0 Å². The smallest absolute Gasteiger partial charge is 0.135 e. The third-order valence-electron chi connectivity index (χ3n) is 2.91. The lowest BCUT2D eigenvalue weighted by atomic mass is 10.1. The Hall–Kier alpha value is -0.340. The molecule has 0 N–H and O–H groups in total. The third-order valence-corrected chi connectivity index (χ3v) is 4.64. The standard InChI is InChI=1S/C12H15ClOS/c1-8(14)6-10-7-11(13)12(15-10)9-4-2-3-5-9/h7,9H,2-6H2,1H3. The molecule has 0 radical (unpaired) electrons. The first-order chi connectivity index (χ1) is 7.16. The molecule has 1 heterocycles. The molecule has 0 spiro atoms. The number of ketones is 1. The second-order valence-corrected chi connectivity index (χ2v) is 5.86. The number of hydrogen-bond donors (Lipinski definition) is 0. The Kier molecular flexibility index (Phi) is 3.47. The van der Waals surface area contributed by atoms with Gasteiger partial charge in [0.25, 0.3) is 0 Å². The zero-order valence-electron chi connectivity index (χ0n) is 8.88. The molecule has 3 heteroatoms. The van der Waals surface area contributed by atoms with E-state index in [9.17, 15) is 4.79 Å². The molecule has 1 aliphatic carbocycles. The highest BCUT2D eigenvalue weighted by atomic mass is 35.5. The Morgan fingerprint density at radius 3 is 2.80 bits per heavy atom. The van der Waals surface area contributed by atoms with Crippen LogP contribution < -0.4 is 0 Å². The van der Waals surface area contributed by atoms with E-state index in [1.807, 2.05) is 6.07 Å². The molecule has 1 saturated carbocycles. The molecule has 0 unspecified atom stereocenters. The van der Waals surface area contributed by atoms with Crippen LogP contribution >= 0.6 is 22.9 Å². The summed E-state index contributed by atoms with van der Waals surface area (Å²) >= 11 is 7.94. The van der Waals surface area contributed by atoms with Crippen LogP contribution in [0.4, 0.5) is 0 Å². The normalized spacial score (nSPS) is 17.2. The van der Waals surface area contributed by atoms with E-state index in [-0.39, 0.29) is 5.78 Å². The number of Topliss-reactive ketones (excluding diaryl/α,β-unsaturated/α-hetero) is 1. The van der Waals surface area contributed by atoms with Crippen molar-refractivity contribution in [1.82, 2.24) is 0 Å². The quantitative estimate of drug-likeness (QED) is 0.777. The van der Waals surface area contributed by atoms with Crippen molar-refractivity contribution in [2.75, 3.05) is 0 Å². The first-order valence-corrected chi connectivity index (χ1v) is 6.64. The second kappa shape index (κ2) is 4.67. The molecular weight excluding hydrogens is 228 g/mol. The minimum absolute atomic E-state index is 0.214. The first kappa shape index (κ1) is 11.2. The lowest BCUT2D eigenvalue weighted by Gasteiger charge is -2.05. The van der Waals surface area contributed by atoms with Crippen LogP contribution in [-0.4, -0.2) is 5.78 Å². The van der Waals surface area contributed by atoms with Crippen molar-refractivity contribution < 1.29 is 4.79 Å². The van der Waals surface area contributed by atoms with Gasteiger partial charge in [-0.15, -0.1) is 11.3 Å². The van der Waals surface area contributed by atoms with E-state index in [2.05, 4.69) is 0 Å². The number of carbonyl (C=O) groups excluding carboxylic acids is 1. The van der Waals surface area contributed by atoms with Gasteiger partial charge < -0.3 is 0 Å².